The number of carbonyl (C=O) groups excluding carboxylic acids is 1. The van der Waals surface area contributed by atoms with Crippen LogP contribution in [0.4, 0.5) is 10.5 Å². The van der Waals surface area contributed by atoms with Gasteiger partial charge in [-0.15, -0.1) is 0 Å². The standard InChI is InChI=1S/C19H20N4O4/c24-18(21-14-3-4-16-17(10-14)27-19(25)22-16)23(12-15-2-1-9-26-15)11-13-5-7-20-8-6-13/h3-8,10,15H,1-2,9,11-12H2,(H,21,24)(H,22,25)/t15-/m0/s1. The van der Waals surface area contributed by atoms with Crippen molar-refractivity contribution >= 4 is 22.8 Å². The molecule has 0 unspecified atom stereocenters. The number of anilines is 1. The largest absolute Gasteiger partial charge is 0.417 e. The summed E-state index contributed by atoms with van der Waals surface area (Å²) in [4.78, 5) is 32.5. The molecule has 4 rings (SSSR count). The summed E-state index contributed by atoms with van der Waals surface area (Å²) < 4.78 is 10.7. The zero-order valence-electron chi connectivity index (χ0n) is 14.7. The Hall–Kier alpha value is -3.13. The molecule has 1 aliphatic rings. The minimum Gasteiger partial charge on any atom is -0.408 e. The monoisotopic (exact) mass is 368 g/mol. The van der Waals surface area contributed by atoms with Crippen LogP contribution in [-0.4, -0.2) is 40.2 Å². The number of pyridine rings is 1. The highest BCUT2D eigenvalue weighted by Gasteiger charge is 2.23. The summed E-state index contributed by atoms with van der Waals surface area (Å²) >= 11 is 0. The van der Waals surface area contributed by atoms with Gasteiger partial charge in [0.2, 0.25) is 0 Å². The van der Waals surface area contributed by atoms with E-state index in [2.05, 4.69) is 15.3 Å². The number of amides is 2. The van der Waals surface area contributed by atoms with E-state index < -0.39 is 5.76 Å². The van der Waals surface area contributed by atoms with Gasteiger partial charge < -0.3 is 19.4 Å². The Kier molecular flexibility index (Phi) is 4.88. The molecule has 2 aromatic heterocycles. The lowest BCUT2D eigenvalue weighted by Gasteiger charge is -2.26. The number of hydrogen-bond donors (Lipinski definition) is 2. The predicted molar refractivity (Wildman–Crippen MR) is 99.5 cm³/mol. The zero-order chi connectivity index (χ0) is 18.6. The van der Waals surface area contributed by atoms with Crippen LogP contribution < -0.4 is 11.1 Å². The fourth-order valence-electron chi connectivity index (χ4n) is 3.19. The molecule has 0 saturated carbocycles. The minimum atomic E-state index is -0.522. The Balaban J connectivity index is 1.51. The first kappa shape index (κ1) is 17.3. The Morgan fingerprint density at radius 3 is 2.93 bits per heavy atom. The third-order valence-electron chi connectivity index (χ3n) is 4.53. The number of benzene rings is 1. The van der Waals surface area contributed by atoms with Crippen LogP contribution in [0.25, 0.3) is 11.1 Å². The molecular formula is C19H20N4O4. The van der Waals surface area contributed by atoms with Crippen molar-refractivity contribution in [1.29, 1.82) is 0 Å². The van der Waals surface area contributed by atoms with Gasteiger partial charge in [-0.3, -0.25) is 9.97 Å². The summed E-state index contributed by atoms with van der Waals surface area (Å²) in [7, 11) is 0. The van der Waals surface area contributed by atoms with Crippen LogP contribution in [0.15, 0.2) is 51.9 Å². The van der Waals surface area contributed by atoms with E-state index in [1.165, 1.54) is 0 Å². The smallest absolute Gasteiger partial charge is 0.408 e. The maximum Gasteiger partial charge on any atom is 0.417 e. The van der Waals surface area contributed by atoms with Crippen molar-refractivity contribution in [2.24, 2.45) is 0 Å². The molecule has 3 aromatic rings. The molecule has 2 N–H and O–H groups in total. The molecule has 0 bridgehead atoms. The number of aromatic nitrogens is 2. The van der Waals surface area contributed by atoms with Gasteiger partial charge >= 0.3 is 11.8 Å². The van der Waals surface area contributed by atoms with E-state index in [-0.39, 0.29) is 12.1 Å². The number of nitrogens with zero attached hydrogens (tertiary/aromatic N) is 2. The van der Waals surface area contributed by atoms with E-state index in [1.54, 1.807) is 35.5 Å². The first-order valence-electron chi connectivity index (χ1n) is 8.87. The number of ether oxygens (including phenoxy) is 1. The lowest BCUT2D eigenvalue weighted by molar-refractivity contribution is 0.0819. The second-order valence-corrected chi connectivity index (χ2v) is 6.53. The average molecular weight is 368 g/mol. The highest BCUT2D eigenvalue weighted by Crippen LogP contribution is 2.19. The number of hydrogen-bond acceptors (Lipinski definition) is 5. The molecular weight excluding hydrogens is 348 g/mol. The van der Waals surface area contributed by atoms with Crippen molar-refractivity contribution in [1.82, 2.24) is 14.9 Å². The summed E-state index contributed by atoms with van der Waals surface area (Å²) in [5.41, 5.74) is 2.54. The Morgan fingerprint density at radius 1 is 1.30 bits per heavy atom. The number of nitrogens with one attached hydrogen (secondary N) is 2. The Bertz CT molecular complexity index is 976. The highest BCUT2D eigenvalue weighted by molar-refractivity contribution is 5.91. The van der Waals surface area contributed by atoms with E-state index >= 15 is 0 Å². The number of H-pyrrole nitrogens is 1. The Morgan fingerprint density at radius 2 is 2.15 bits per heavy atom. The molecule has 1 aromatic carbocycles. The molecule has 8 heteroatoms. The molecule has 0 spiro atoms. The van der Waals surface area contributed by atoms with Crippen molar-refractivity contribution < 1.29 is 13.9 Å². The molecule has 1 aliphatic heterocycles. The van der Waals surface area contributed by atoms with Crippen molar-refractivity contribution in [2.45, 2.75) is 25.5 Å². The average Bonchev–Trinajstić information content (AvgIpc) is 3.30. The molecule has 0 aliphatic carbocycles. The molecule has 2 amide bonds. The highest BCUT2D eigenvalue weighted by atomic mass is 16.5. The summed E-state index contributed by atoms with van der Waals surface area (Å²) in [6.07, 6.45) is 5.42. The van der Waals surface area contributed by atoms with E-state index in [9.17, 15) is 9.59 Å². The van der Waals surface area contributed by atoms with Gasteiger partial charge in [-0.2, -0.15) is 0 Å². The number of carbonyl (C=O) groups is 1. The van der Waals surface area contributed by atoms with E-state index in [0.717, 1.165) is 25.0 Å². The van der Waals surface area contributed by atoms with Gasteiger partial charge in [-0.25, -0.2) is 9.59 Å². The molecule has 8 nitrogen and oxygen atoms in total. The number of urea groups is 1. The molecule has 1 saturated heterocycles. The molecule has 3 heterocycles. The van der Waals surface area contributed by atoms with Crippen LogP contribution in [0.1, 0.15) is 18.4 Å². The number of oxazole rings is 1. The maximum atomic E-state index is 12.9. The first-order chi connectivity index (χ1) is 13.2. The molecule has 1 atom stereocenters. The van der Waals surface area contributed by atoms with Gasteiger partial charge in [0.1, 0.15) is 0 Å². The summed E-state index contributed by atoms with van der Waals surface area (Å²) in [5, 5.41) is 2.88. The van der Waals surface area contributed by atoms with Gasteiger partial charge in [0.15, 0.2) is 5.58 Å². The minimum absolute atomic E-state index is 0.0442. The van der Waals surface area contributed by atoms with Crippen LogP contribution in [0.3, 0.4) is 0 Å². The predicted octanol–water partition coefficient (Wildman–Crippen LogP) is 2.73. The number of aromatic amines is 1. The van der Waals surface area contributed by atoms with Crippen molar-refractivity contribution in [2.75, 3.05) is 18.5 Å². The third-order valence-corrected chi connectivity index (χ3v) is 4.53. The second-order valence-electron chi connectivity index (χ2n) is 6.53. The van der Waals surface area contributed by atoms with Gasteiger partial charge in [-0.1, -0.05) is 0 Å². The van der Waals surface area contributed by atoms with Gasteiger partial charge in [0.25, 0.3) is 0 Å². The van der Waals surface area contributed by atoms with Crippen LogP contribution in [0.5, 0.6) is 0 Å². The fourth-order valence-corrected chi connectivity index (χ4v) is 3.19. The lowest BCUT2D eigenvalue weighted by Crippen LogP contribution is -2.39. The first-order valence-corrected chi connectivity index (χ1v) is 8.87. The second kappa shape index (κ2) is 7.63. The molecule has 140 valence electrons. The van der Waals surface area contributed by atoms with Gasteiger partial charge in [0.05, 0.1) is 11.6 Å². The maximum absolute atomic E-state index is 12.9. The quantitative estimate of drug-likeness (QED) is 0.721. The fraction of sp³-hybridized carbons (Fsp3) is 0.316. The van der Waals surface area contributed by atoms with E-state index in [4.69, 9.17) is 9.15 Å². The summed E-state index contributed by atoms with van der Waals surface area (Å²) in [6, 6.07) is 8.58. The summed E-state index contributed by atoms with van der Waals surface area (Å²) in [5.74, 6) is -0.522. The molecule has 27 heavy (non-hydrogen) atoms. The molecule has 1 fully saturated rings. The topological polar surface area (TPSA) is 100 Å². The van der Waals surface area contributed by atoms with Crippen LogP contribution in [-0.2, 0) is 11.3 Å². The van der Waals surface area contributed by atoms with Crippen LogP contribution in [0, 0.1) is 0 Å². The van der Waals surface area contributed by atoms with Crippen molar-refractivity contribution in [3.63, 3.8) is 0 Å². The zero-order valence-corrected chi connectivity index (χ0v) is 14.7. The third kappa shape index (κ3) is 4.17. The van der Waals surface area contributed by atoms with Gasteiger partial charge in [-0.05, 0) is 42.7 Å². The van der Waals surface area contributed by atoms with Gasteiger partial charge in [0, 0.05) is 43.8 Å². The van der Waals surface area contributed by atoms with E-state index in [0.29, 0.717) is 29.9 Å². The number of rotatable bonds is 5. The normalized spacial score (nSPS) is 16.5. The van der Waals surface area contributed by atoms with Crippen LogP contribution in [0.2, 0.25) is 0 Å². The van der Waals surface area contributed by atoms with Crippen molar-refractivity contribution in [3.8, 4) is 0 Å². The Labute approximate surface area is 155 Å². The van der Waals surface area contributed by atoms with E-state index in [1.807, 2.05) is 12.1 Å². The molecule has 0 radical (unpaired) electrons. The number of fused-ring (bicyclic) bond motifs is 1. The lowest BCUT2D eigenvalue weighted by atomic mass is 10.2. The summed E-state index contributed by atoms with van der Waals surface area (Å²) in [6.45, 7) is 1.70. The van der Waals surface area contributed by atoms with Crippen LogP contribution >= 0.6 is 0 Å². The SMILES string of the molecule is O=C(Nc1ccc2[nH]c(=O)oc2c1)N(Cc1ccncc1)C[C@@H]1CCCO1. The van der Waals surface area contributed by atoms with Crippen molar-refractivity contribution in [3.05, 3.63) is 58.8 Å².